The molecule has 3 N–H and O–H groups in total. The van der Waals surface area contributed by atoms with Gasteiger partial charge >= 0.3 is 0 Å². The summed E-state index contributed by atoms with van der Waals surface area (Å²) >= 11 is 6.15. The second-order valence-electron chi connectivity index (χ2n) is 6.13. The molecule has 2 amide bonds. The molecule has 6 nitrogen and oxygen atoms in total. The lowest BCUT2D eigenvalue weighted by molar-refractivity contribution is -0.129. The molecule has 0 saturated heterocycles. The van der Waals surface area contributed by atoms with Gasteiger partial charge in [0.25, 0.3) is 5.91 Å². The number of hydrogen-bond acceptors (Lipinski definition) is 4. The number of carbonyl (C=O) groups is 2. The zero-order chi connectivity index (χ0) is 18.5. The van der Waals surface area contributed by atoms with Gasteiger partial charge in [-0.05, 0) is 43.2 Å². The minimum Gasteiger partial charge on any atom is -0.353 e. The number of unbranched alkanes of at least 4 members (excludes halogenated alkanes) is 2. The number of amides is 2. The summed E-state index contributed by atoms with van der Waals surface area (Å²) in [6.07, 6.45) is 2.41. The smallest absolute Gasteiger partial charge is 0.260 e. The van der Waals surface area contributed by atoms with Gasteiger partial charge in [0.15, 0.2) is 0 Å². The third-order valence-corrected chi connectivity index (χ3v) is 4.57. The molecule has 26 heavy (non-hydrogen) atoms. The Bertz CT molecular complexity index is 825. The number of rotatable bonds is 6. The monoisotopic (exact) mass is 373 g/mol. The van der Waals surface area contributed by atoms with Crippen LogP contribution in [0.2, 0.25) is 5.02 Å². The van der Waals surface area contributed by atoms with Gasteiger partial charge in [-0.2, -0.15) is 0 Å². The average Bonchev–Trinajstić information content (AvgIpc) is 2.76. The molecule has 0 spiro atoms. The van der Waals surface area contributed by atoms with Crippen LogP contribution in [-0.4, -0.2) is 23.6 Å². The van der Waals surface area contributed by atoms with Crippen molar-refractivity contribution in [3.05, 3.63) is 53.1 Å². The van der Waals surface area contributed by atoms with Crippen molar-refractivity contribution in [3.63, 3.8) is 0 Å². The van der Waals surface area contributed by atoms with Crippen molar-refractivity contribution in [1.82, 2.24) is 5.48 Å². The first-order chi connectivity index (χ1) is 12.6. The second-order valence-corrected chi connectivity index (χ2v) is 6.57. The summed E-state index contributed by atoms with van der Waals surface area (Å²) in [6.45, 7) is 0.517. The molecule has 0 aliphatic carbocycles. The number of halogens is 1. The quantitative estimate of drug-likeness (QED) is 0.404. The standard InChI is InChI=1S/C19H20ClN3O3/c20-13-9-10-16-17(12-13)23(11-5-1-2-8-18(24)22-26)19(25)14-6-3-4-7-15(14)21-16/h3-4,6-7,9-10,12,21,26H,1-2,5,8,11H2,(H,22,24). The molecule has 7 heteroatoms. The molecule has 0 bridgehead atoms. The van der Waals surface area contributed by atoms with E-state index in [1.807, 2.05) is 24.3 Å². The fourth-order valence-electron chi connectivity index (χ4n) is 3.02. The number of anilines is 3. The molecule has 3 rings (SSSR count). The molecule has 0 fully saturated rings. The lowest BCUT2D eigenvalue weighted by Crippen LogP contribution is -2.31. The molecule has 0 saturated carbocycles. The molecule has 0 atom stereocenters. The van der Waals surface area contributed by atoms with Gasteiger partial charge in [0.2, 0.25) is 5.91 Å². The predicted molar refractivity (Wildman–Crippen MR) is 101 cm³/mol. The first-order valence-corrected chi connectivity index (χ1v) is 8.88. The maximum Gasteiger partial charge on any atom is 0.260 e. The van der Waals surface area contributed by atoms with Crippen LogP contribution in [0.5, 0.6) is 0 Å². The fraction of sp³-hybridized carbons (Fsp3) is 0.263. The van der Waals surface area contributed by atoms with Gasteiger partial charge in [-0.15, -0.1) is 0 Å². The van der Waals surface area contributed by atoms with Gasteiger partial charge in [-0.3, -0.25) is 14.8 Å². The van der Waals surface area contributed by atoms with Gasteiger partial charge < -0.3 is 10.2 Å². The van der Waals surface area contributed by atoms with E-state index >= 15 is 0 Å². The van der Waals surface area contributed by atoms with Gasteiger partial charge in [0.05, 0.1) is 22.6 Å². The maximum absolute atomic E-state index is 13.1. The highest BCUT2D eigenvalue weighted by Crippen LogP contribution is 2.37. The SMILES string of the molecule is O=C(CCCCCN1C(=O)c2ccccc2Nc2ccc(Cl)cc21)NO. The molecule has 0 unspecified atom stereocenters. The Morgan fingerprint density at radius 1 is 1.12 bits per heavy atom. The van der Waals surface area contributed by atoms with Crippen molar-refractivity contribution < 1.29 is 14.8 Å². The van der Waals surface area contributed by atoms with Crippen molar-refractivity contribution in [2.75, 3.05) is 16.8 Å². The Hall–Kier alpha value is -2.57. The van der Waals surface area contributed by atoms with Crippen LogP contribution >= 0.6 is 11.6 Å². The van der Waals surface area contributed by atoms with Crippen molar-refractivity contribution in [3.8, 4) is 0 Å². The topological polar surface area (TPSA) is 81.7 Å². The van der Waals surface area contributed by atoms with Crippen LogP contribution < -0.4 is 15.7 Å². The fourth-order valence-corrected chi connectivity index (χ4v) is 3.19. The summed E-state index contributed by atoms with van der Waals surface area (Å²) in [4.78, 5) is 25.9. The third-order valence-electron chi connectivity index (χ3n) is 4.33. The molecule has 1 heterocycles. The van der Waals surface area contributed by atoms with Gasteiger partial charge in [-0.1, -0.05) is 30.2 Å². The largest absolute Gasteiger partial charge is 0.353 e. The number of benzene rings is 2. The summed E-state index contributed by atoms with van der Waals surface area (Å²) in [5.41, 5.74) is 4.57. The lowest BCUT2D eigenvalue weighted by Gasteiger charge is -2.23. The summed E-state index contributed by atoms with van der Waals surface area (Å²) in [6, 6.07) is 12.8. The van der Waals surface area contributed by atoms with E-state index in [4.69, 9.17) is 16.8 Å². The first-order valence-electron chi connectivity index (χ1n) is 8.50. The molecule has 2 aromatic rings. The first kappa shape index (κ1) is 18.2. The van der Waals surface area contributed by atoms with Crippen LogP contribution in [0.3, 0.4) is 0 Å². The minimum absolute atomic E-state index is 0.0813. The Kier molecular flexibility index (Phi) is 5.75. The summed E-state index contributed by atoms with van der Waals surface area (Å²) < 4.78 is 0. The van der Waals surface area contributed by atoms with E-state index in [2.05, 4.69) is 5.32 Å². The highest BCUT2D eigenvalue weighted by Gasteiger charge is 2.26. The molecule has 2 aromatic carbocycles. The van der Waals surface area contributed by atoms with Crippen molar-refractivity contribution in [2.45, 2.75) is 25.7 Å². The molecule has 0 aromatic heterocycles. The zero-order valence-electron chi connectivity index (χ0n) is 14.2. The van der Waals surface area contributed by atoms with E-state index in [1.54, 1.807) is 28.6 Å². The van der Waals surface area contributed by atoms with E-state index in [0.717, 1.165) is 29.9 Å². The van der Waals surface area contributed by atoms with Crippen LogP contribution in [-0.2, 0) is 4.79 Å². The highest BCUT2D eigenvalue weighted by atomic mass is 35.5. The number of carbonyl (C=O) groups excluding carboxylic acids is 2. The summed E-state index contributed by atoms with van der Waals surface area (Å²) in [5, 5.41) is 12.4. The van der Waals surface area contributed by atoms with Crippen molar-refractivity contribution >= 4 is 40.5 Å². The summed E-state index contributed by atoms with van der Waals surface area (Å²) in [7, 11) is 0. The number of nitrogens with one attached hydrogen (secondary N) is 2. The molecule has 1 aliphatic rings. The summed E-state index contributed by atoms with van der Waals surface area (Å²) in [5.74, 6) is -0.478. The number of nitrogens with zero attached hydrogens (tertiary/aromatic N) is 1. The van der Waals surface area contributed by atoms with E-state index in [1.165, 1.54) is 0 Å². The van der Waals surface area contributed by atoms with Crippen LogP contribution in [0, 0.1) is 0 Å². The predicted octanol–water partition coefficient (Wildman–Crippen LogP) is 4.11. The van der Waals surface area contributed by atoms with Crippen LogP contribution in [0.15, 0.2) is 42.5 Å². The number of hydrogen-bond donors (Lipinski definition) is 3. The number of para-hydroxylation sites is 1. The van der Waals surface area contributed by atoms with Crippen LogP contribution in [0.1, 0.15) is 36.0 Å². The molecular weight excluding hydrogens is 354 g/mol. The van der Waals surface area contributed by atoms with E-state index in [-0.39, 0.29) is 12.3 Å². The Morgan fingerprint density at radius 2 is 1.92 bits per heavy atom. The van der Waals surface area contributed by atoms with E-state index < -0.39 is 5.91 Å². The van der Waals surface area contributed by atoms with Gasteiger partial charge in [-0.25, -0.2) is 5.48 Å². The molecule has 136 valence electrons. The van der Waals surface area contributed by atoms with Crippen molar-refractivity contribution in [1.29, 1.82) is 0 Å². The number of hydroxylamine groups is 1. The minimum atomic E-state index is -0.397. The van der Waals surface area contributed by atoms with Gasteiger partial charge in [0.1, 0.15) is 0 Å². The third kappa shape index (κ3) is 3.98. The zero-order valence-corrected chi connectivity index (χ0v) is 14.9. The van der Waals surface area contributed by atoms with Crippen LogP contribution in [0.25, 0.3) is 0 Å². The average molecular weight is 374 g/mol. The van der Waals surface area contributed by atoms with Crippen molar-refractivity contribution in [2.24, 2.45) is 0 Å². The Morgan fingerprint density at radius 3 is 2.73 bits per heavy atom. The molecule has 0 radical (unpaired) electrons. The normalized spacial score (nSPS) is 12.7. The van der Waals surface area contributed by atoms with E-state index in [0.29, 0.717) is 23.6 Å². The van der Waals surface area contributed by atoms with Crippen LogP contribution in [0.4, 0.5) is 17.1 Å². The number of fused-ring (bicyclic) bond motifs is 2. The lowest BCUT2D eigenvalue weighted by atomic mass is 10.1. The van der Waals surface area contributed by atoms with Gasteiger partial charge in [0, 0.05) is 18.0 Å². The Labute approximate surface area is 156 Å². The highest BCUT2D eigenvalue weighted by molar-refractivity contribution is 6.31. The molecular formula is C19H20ClN3O3. The second kappa shape index (κ2) is 8.21. The molecule has 1 aliphatic heterocycles. The maximum atomic E-state index is 13.1. The van der Waals surface area contributed by atoms with E-state index in [9.17, 15) is 9.59 Å². The Balaban J connectivity index is 1.79.